The molecule has 0 aromatic heterocycles. The van der Waals surface area contributed by atoms with Crippen LogP contribution in [-0.2, 0) is 0 Å². The van der Waals surface area contributed by atoms with Crippen LogP contribution in [0.4, 0.5) is 0 Å². The van der Waals surface area contributed by atoms with Crippen LogP contribution >= 0.6 is 23.2 Å². The predicted molar refractivity (Wildman–Crippen MR) is 67.4 cm³/mol. The first-order valence-corrected chi connectivity index (χ1v) is 6.28. The molecule has 0 N–H and O–H groups in total. The van der Waals surface area contributed by atoms with E-state index in [4.69, 9.17) is 23.2 Å². The Kier molecular flexibility index (Phi) is 3.27. The second kappa shape index (κ2) is 4.38. The summed E-state index contributed by atoms with van der Waals surface area (Å²) in [5, 5.41) is 1.03. The van der Waals surface area contributed by atoms with Crippen LogP contribution in [0.2, 0.25) is 10.0 Å². The molecule has 0 aliphatic heterocycles. The Bertz CT molecular complexity index is 420. The van der Waals surface area contributed by atoms with Crippen molar-refractivity contribution in [3.8, 4) is 0 Å². The summed E-state index contributed by atoms with van der Waals surface area (Å²) in [7, 11) is 0. The largest absolute Gasteiger partial charge is 0.294 e. The molecule has 1 saturated carbocycles. The van der Waals surface area contributed by atoms with E-state index in [0.717, 1.165) is 25.7 Å². The minimum Gasteiger partial charge on any atom is -0.294 e. The zero-order chi connectivity index (χ0) is 11.8. The summed E-state index contributed by atoms with van der Waals surface area (Å²) >= 11 is 11.9. The van der Waals surface area contributed by atoms with Crippen LogP contribution < -0.4 is 0 Å². The minimum absolute atomic E-state index is 0.159. The second-order valence-electron chi connectivity index (χ2n) is 4.72. The molecular formula is C13H14Cl2O. The molecule has 0 spiro atoms. The fourth-order valence-corrected chi connectivity index (χ4v) is 2.88. The van der Waals surface area contributed by atoms with Crippen molar-refractivity contribution in [3.63, 3.8) is 0 Å². The number of carbonyl (C=O) groups excluding carboxylic acids is 1. The van der Waals surface area contributed by atoms with Gasteiger partial charge < -0.3 is 0 Å². The molecule has 0 radical (unpaired) electrons. The highest BCUT2D eigenvalue weighted by atomic mass is 35.5. The van der Waals surface area contributed by atoms with Gasteiger partial charge in [-0.1, -0.05) is 43.0 Å². The number of carbonyl (C=O) groups is 1. The van der Waals surface area contributed by atoms with E-state index in [0.29, 0.717) is 15.6 Å². The number of ketones is 1. The molecule has 2 rings (SSSR count). The first kappa shape index (κ1) is 11.9. The zero-order valence-corrected chi connectivity index (χ0v) is 10.7. The molecule has 1 aliphatic carbocycles. The van der Waals surface area contributed by atoms with E-state index in [2.05, 4.69) is 0 Å². The zero-order valence-electron chi connectivity index (χ0n) is 9.22. The molecular weight excluding hydrogens is 243 g/mol. The predicted octanol–water partition coefficient (Wildman–Crippen LogP) is 4.76. The number of halogens is 2. The summed E-state index contributed by atoms with van der Waals surface area (Å²) in [6.07, 6.45) is 4.19. The maximum absolute atomic E-state index is 12.4. The maximum atomic E-state index is 12.4. The number of Topliss-reactive ketones (excluding diaryl/α,β-unsaturated/α-hetero) is 1. The molecule has 0 atom stereocenters. The van der Waals surface area contributed by atoms with Crippen molar-refractivity contribution in [1.29, 1.82) is 0 Å². The third kappa shape index (κ3) is 2.11. The standard InChI is InChI=1S/C13H14Cl2O/c1-13(6-2-3-7-13)12(16)10-5-4-9(14)8-11(10)15/h4-5,8H,2-3,6-7H2,1H3. The average molecular weight is 257 g/mol. The van der Waals surface area contributed by atoms with Crippen molar-refractivity contribution in [2.24, 2.45) is 5.41 Å². The molecule has 1 aromatic rings. The molecule has 16 heavy (non-hydrogen) atoms. The highest BCUT2D eigenvalue weighted by Crippen LogP contribution is 2.41. The van der Waals surface area contributed by atoms with Crippen LogP contribution in [0.15, 0.2) is 18.2 Å². The molecule has 86 valence electrons. The Morgan fingerprint density at radius 3 is 2.44 bits per heavy atom. The molecule has 0 amide bonds. The Hall–Kier alpha value is -0.530. The molecule has 3 heteroatoms. The summed E-state index contributed by atoms with van der Waals surface area (Å²) in [4.78, 5) is 12.4. The number of hydrogen-bond acceptors (Lipinski definition) is 1. The van der Waals surface area contributed by atoms with Gasteiger partial charge in [-0.15, -0.1) is 0 Å². The van der Waals surface area contributed by atoms with E-state index in [9.17, 15) is 4.79 Å². The van der Waals surface area contributed by atoms with Crippen molar-refractivity contribution in [3.05, 3.63) is 33.8 Å². The van der Waals surface area contributed by atoms with Gasteiger partial charge in [0.1, 0.15) is 0 Å². The van der Waals surface area contributed by atoms with Gasteiger partial charge >= 0.3 is 0 Å². The van der Waals surface area contributed by atoms with Gasteiger partial charge in [0.15, 0.2) is 5.78 Å². The van der Waals surface area contributed by atoms with E-state index in [1.807, 2.05) is 6.92 Å². The van der Waals surface area contributed by atoms with Gasteiger partial charge in [0.2, 0.25) is 0 Å². The van der Waals surface area contributed by atoms with Gasteiger partial charge in [-0.05, 0) is 31.0 Å². The summed E-state index contributed by atoms with van der Waals surface area (Å²) < 4.78 is 0. The van der Waals surface area contributed by atoms with Crippen molar-refractivity contribution in [2.75, 3.05) is 0 Å². The van der Waals surface area contributed by atoms with Gasteiger partial charge in [-0.25, -0.2) is 0 Å². The molecule has 0 saturated heterocycles. The maximum Gasteiger partial charge on any atom is 0.170 e. The monoisotopic (exact) mass is 256 g/mol. The van der Waals surface area contributed by atoms with Crippen molar-refractivity contribution in [2.45, 2.75) is 32.6 Å². The van der Waals surface area contributed by atoms with Gasteiger partial charge in [-0.3, -0.25) is 4.79 Å². The number of rotatable bonds is 2. The van der Waals surface area contributed by atoms with Crippen LogP contribution in [-0.4, -0.2) is 5.78 Å². The van der Waals surface area contributed by atoms with Crippen molar-refractivity contribution in [1.82, 2.24) is 0 Å². The Morgan fingerprint density at radius 1 is 1.25 bits per heavy atom. The minimum atomic E-state index is -0.225. The highest BCUT2D eigenvalue weighted by molar-refractivity contribution is 6.37. The molecule has 1 aliphatic rings. The topological polar surface area (TPSA) is 17.1 Å². The number of benzene rings is 1. The normalized spacial score (nSPS) is 18.7. The Morgan fingerprint density at radius 2 is 1.88 bits per heavy atom. The van der Waals surface area contributed by atoms with E-state index in [1.165, 1.54) is 0 Å². The van der Waals surface area contributed by atoms with E-state index < -0.39 is 0 Å². The third-order valence-electron chi connectivity index (χ3n) is 3.43. The van der Waals surface area contributed by atoms with Gasteiger partial charge in [0, 0.05) is 16.0 Å². The Labute approximate surface area is 106 Å². The summed E-state index contributed by atoms with van der Waals surface area (Å²) in [5.74, 6) is 0.159. The van der Waals surface area contributed by atoms with Crippen LogP contribution in [0.1, 0.15) is 43.0 Å². The number of hydrogen-bond donors (Lipinski definition) is 0. The van der Waals surface area contributed by atoms with E-state index in [-0.39, 0.29) is 11.2 Å². The third-order valence-corrected chi connectivity index (χ3v) is 3.98. The smallest absolute Gasteiger partial charge is 0.170 e. The lowest BCUT2D eigenvalue weighted by atomic mass is 9.81. The summed E-state index contributed by atoms with van der Waals surface area (Å²) in [5.41, 5.74) is 0.382. The molecule has 0 bridgehead atoms. The van der Waals surface area contributed by atoms with E-state index >= 15 is 0 Å². The fraction of sp³-hybridized carbons (Fsp3) is 0.462. The lowest BCUT2D eigenvalue weighted by Crippen LogP contribution is -2.24. The quantitative estimate of drug-likeness (QED) is 0.698. The first-order valence-electron chi connectivity index (χ1n) is 5.53. The van der Waals surface area contributed by atoms with Crippen LogP contribution in [0.5, 0.6) is 0 Å². The second-order valence-corrected chi connectivity index (χ2v) is 5.56. The summed E-state index contributed by atoms with van der Waals surface area (Å²) in [6, 6.07) is 5.09. The summed E-state index contributed by atoms with van der Waals surface area (Å²) in [6.45, 7) is 2.03. The van der Waals surface area contributed by atoms with Gasteiger partial charge in [-0.2, -0.15) is 0 Å². The fourth-order valence-electron chi connectivity index (χ4n) is 2.38. The SMILES string of the molecule is CC1(C(=O)c2ccc(Cl)cc2Cl)CCCC1. The van der Waals surface area contributed by atoms with Crippen LogP contribution in [0.3, 0.4) is 0 Å². The first-order chi connectivity index (χ1) is 7.53. The lowest BCUT2D eigenvalue weighted by Gasteiger charge is -2.22. The molecule has 1 nitrogen and oxygen atoms in total. The highest BCUT2D eigenvalue weighted by Gasteiger charge is 2.37. The van der Waals surface area contributed by atoms with Crippen LogP contribution in [0, 0.1) is 5.41 Å². The van der Waals surface area contributed by atoms with Crippen molar-refractivity contribution >= 4 is 29.0 Å². The molecule has 0 unspecified atom stereocenters. The van der Waals surface area contributed by atoms with Gasteiger partial charge in [0.05, 0.1) is 5.02 Å². The van der Waals surface area contributed by atoms with Crippen LogP contribution in [0.25, 0.3) is 0 Å². The van der Waals surface area contributed by atoms with Crippen molar-refractivity contribution < 1.29 is 4.79 Å². The lowest BCUT2D eigenvalue weighted by molar-refractivity contribution is 0.0823. The van der Waals surface area contributed by atoms with E-state index in [1.54, 1.807) is 18.2 Å². The van der Waals surface area contributed by atoms with Gasteiger partial charge in [0.25, 0.3) is 0 Å². The molecule has 1 aromatic carbocycles. The molecule has 0 heterocycles. The average Bonchev–Trinajstić information content (AvgIpc) is 2.66. The Balaban J connectivity index is 2.33. The molecule has 1 fully saturated rings.